The normalized spacial score (nSPS) is 17.2. The number of rotatable bonds is 4. The molecule has 112 valence electrons. The first-order valence-corrected chi connectivity index (χ1v) is 8.06. The second kappa shape index (κ2) is 4.96. The fourth-order valence-corrected chi connectivity index (χ4v) is 3.33. The van der Waals surface area contributed by atoms with Crippen LogP contribution in [-0.4, -0.2) is 38.3 Å². The quantitative estimate of drug-likeness (QED) is 0.901. The maximum absolute atomic E-state index is 11.1. The van der Waals surface area contributed by atoms with Crippen molar-refractivity contribution in [2.45, 2.75) is 6.10 Å². The zero-order chi connectivity index (χ0) is 15.0. The number of methoxy groups -OCH3 is 1. The highest BCUT2D eigenvalue weighted by atomic mass is 32.2. The van der Waals surface area contributed by atoms with E-state index in [0.717, 1.165) is 5.56 Å². The average molecular weight is 310 g/mol. The molecule has 21 heavy (non-hydrogen) atoms. The van der Waals surface area contributed by atoms with E-state index < -0.39 is 9.84 Å². The molecule has 7 nitrogen and oxygen atoms in total. The summed E-state index contributed by atoms with van der Waals surface area (Å²) in [6.45, 7) is 0. The zero-order valence-electron chi connectivity index (χ0n) is 11.3. The number of benzene rings is 1. The van der Waals surface area contributed by atoms with E-state index in [4.69, 9.17) is 19.7 Å². The van der Waals surface area contributed by atoms with Gasteiger partial charge in [-0.05, 0) is 17.7 Å². The molecule has 2 aromatic rings. The molecule has 2 heterocycles. The third kappa shape index (κ3) is 2.66. The molecule has 2 N–H and O–H groups in total. The summed E-state index contributed by atoms with van der Waals surface area (Å²) < 4.78 is 38.0. The van der Waals surface area contributed by atoms with Gasteiger partial charge in [0.2, 0.25) is 5.88 Å². The molecule has 0 bridgehead atoms. The predicted octanol–water partition coefficient (Wildman–Crippen LogP) is 1.11. The van der Waals surface area contributed by atoms with Crippen LogP contribution in [0.25, 0.3) is 11.1 Å². The van der Waals surface area contributed by atoms with Crippen molar-refractivity contribution < 1.29 is 22.4 Å². The lowest BCUT2D eigenvalue weighted by Gasteiger charge is -2.27. The van der Waals surface area contributed by atoms with E-state index in [1.165, 1.54) is 13.3 Å². The van der Waals surface area contributed by atoms with Gasteiger partial charge in [0.15, 0.2) is 21.3 Å². The molecule has 1 fully saturated rings. The van der Waals surface area contributed by atoms with E-state index in [9.17, 15) is 8.42 Å². The third-order valence-electron chi connectivity index (χ3n) is 3.25. The van der Waals surface area contributed by atoms with Crippen LogP contribution in [0.1, 0.15) is 0 Å². The largest absolute Gasteiger partial charge is 0.493 e. The van der Waals surface area contributed by atoms with E-state index in [1.807, 2.05) is 0 Å². The molecular formula is C13H14N2O5S. The Morgan fingerprint density at radius 3 is 2.67 bits per heavy atom. The monoisotopic (exact) mass is 310 g/mol. The van der Waals surface area contributed by atoms with Gasteiger partial charge in [-0.3, -0.25) is 0 Å². The second-order valence-electron chi connectivity index (χ2n) is 4.79. The lowest BCUT2D eigenvalue weighted by atomic mass is 10.1. The summed E-state index contributed by atoms with van der Waals surface area (Å²) in [6.07, 6.45) is 1.19. The fraction of sp³-hybridized carbons (Fsp3) is 0.308. The molecule has 1 saturated heterocycles. The molecule has 3 rings (SSSR count). The molecule has 0 amide bonds. The molecule has 0 atom stereocenters. The minimum atomic E-state index is -2.92. The highest BCUT2D eigenvalue weighted by Crippen LogP contribution is 2.35. The van der Waals surface area contributed by atoms with Crippen molar-refractivity contribution in [2.24, 2.45) is 0 Å². The number of nitrogens with zero attached hydrogens (tertiary/aromatic N) is 1. The summed E-state index contributed by atoms with van der Waals surface area (Å²) >= 11 is 0. The van der Waals surface area contributed by atoms with Gasteiger partial charge < -0.3 is 19.7 Å². The third-order valence-corrected chi connectivity index (χ3v) is 5.01. The Morgan fingerprint density at radius 2 is 2.10 bits per heavy atom. The Balaban J connectivity index is 1.84. The van der Waals surface area contributed by atoms with Crippen LogP contribution in [0.3, 0.4) is 0 Å². The van der Waals surface area contributed by atoms with Crippen molar-refractivity contribution in [2.75, 3.05) is 24.3 Å². The van der Waals surface area contributed by atoms with Crippen molar-refractivity contribution >= 4 is 15.7 Å². The van der Waals surface area contributed by atoms with Crippen LogP contribution in [-0.2, 0) is 9.84 Å². The average Bonchev–Trinajstić information content (AvgIpc) is 2.83. The number of anilines is 1. The molecule has 1 aromatic carbocycles. The summed E-state index contributed by atoms with van der Waals surface area (Å²) in [5.41, 5.74) is 7.11. The van der Waals surface area contributed by atoms with E-state index >= 15 is 0 Å². The summed E-state index contributed by atoms with van der Waals surface area (Å²) in [5, 5.41) is 3.62. The summed E-state index contributed by atoms with van der Waals surface area (Å²) in [4.78, 5) is 0. The highest BCUT2D eigenvalue weighted by Gasteiger charge is 2.35. The fourth-order valence-electron chi connectivity index (χ4n) is 2.16. The maximum Gasteiger partial charge on any atom is 0.229 e. The van der Waals surface area contributed by atoms with Crippen LogP contribution in [0.2, 0.25) is 0 Å². The molecule has 1 aromatic heterocycles. The maximum atomic E-state index is 11.1. The summed E-state index contributed by atoms with van der Waals surface area (Å²) in [5.74, 6) is 1.29. The molecule has 0 spiro atoms. The van der Waals surface area contributed by atoms with E-state index in [2.05, 4.69) is 5.16 Å². The standard InChI is InChI=1S/C13H14N2O5S/c1-18-12-4-8(10-5-15-20-13(10)14)2-3-11(12)19-9-6-21(16,17)7-9/h2-5,9H,6-7,14H2,1H3. The number of hydrogen-bond acceptors (Lipinski definition) is 7. The topological polar surface area (TPSA) is 105 Å². The molecular weight excluding hydrogens is 296 g/mol. The molecule has 0 aliphatic carbocycles. The van der Waals surface area contributed by atoms with Crippen LogP contribution in [0, 0.1) is 0 Å². The highest BCUT2D eigenvalue weighted by molar-refractivity contribution is 7.92. The van der Waals surface area contributed by atoms with Crippen molar-refractivity contribution in [1.82, 2.24) is 5.16 Å². The first kappa shape index (κ1) is 13.7. The van der Waals surface area contributed by atoms with Gasteiger partial charge in [0.25, 0.3) is 0 Å². The lowest BCUT2D eigenvalue weighted by Crippen LogP contribution is -2.45. The number of aromatic nitrogens is 1. The minimum absolute atomic E-state index is 0.0382. The van der Waals surface area contributed by atoms with Crippen molar-refractivity contribution in [3.05, 3.63) is 24.4 Å². The summed E-state index contributed by atoms with van der Waals surface area (Å²) in [6, 6.07) is 5.24. The molecule has 0 saturated carbocycles. The van der Waals surface area contributed by atoms with Gasteiger partial charge in [-0.1, -0.05) is 11.2 Å². The second-order valence-corrected chi connectivity index (χ2v) is 6.94. The smallest absolute Gasteiger partial charge is 0.229 e. The number of sulfone groups is 1. The van der Waals surface area contributed by atoms with Gasteiger partial charge in [-0.25, -0.2) is 8.42 Å². The number of ether oxygens (including phenoxy) is 2. The molecule has 1 aliphatic rings. The Kier molecular flexibility index (Phi) is 3.25. The van der Waals surface area contributed by atoms with Crippen LogP contribution < -0.4 is 15.2 Å². The molecule has 0 radical (unpaired) electrons. The number of nitrogen functional groups attached to an aromatic ring is 1. The molecule has 0 unspecified atom stereocenters. The van der Waals surface area contributed by atoms with E-state index in [0.29, 0.717) is 17.1 Å². The summed E-state index contributed by atoms with van der Waals surface area (Å²) in [7, 11) is -1.41. The Morgan fingerprint density at radius 1 is 1.33 bits per heavy atom. The van der Waals surface area contributed by atoms with Gasteiger partial charge in [0.1, 0.15) is 6.10 Å². The van der Waals surface area contributed by atoms with Crippen LogP contribution in [0.5, 0.6) is 11.5 Å². The lowest BCUT2D eigenvalue weighted by molar-refractivity contribution is 0.219. The first-order valence-electron chi connectivity index (χ1n) is 6.24. The molecule has 1 aliphatic heterocycles. The predicted molar refractivity (Wildman–Crippen MR) is 76.0 cm³/mol. The van der Waals surface area contributed by atoms with Crippen molar-refractivity contribution in [1.29, 1.82) is 0 Å². The number of nitrogens with two attached hydrogens (primary N) is 1. The van der Waals surface area contributed by atoms with Gasteiger partial charge in [-0.15, -0.1) is 0 Å². The van der Waals surface area contributed by atoms with Crippen molar-refractivity contribution in [3.63, 3.8) is 0 Å². The molecule has 8 heteroatoms. The van der Waals surface area contributed by atoms with Crippen LogP contribution in [0.4, 0.5) is 5.88 Å². The van der Waals surface area contributed by atoms with E-state index in [1.54, 1.807) is 18.2 Å². The minimum Gasteiger partial charge on any atom is -0.493 e. The zero-order valence-corrected chi connectivity index (χ0v) is 12.1. The van der Waals surface area contributed by atoms with Gasteiger partial charge in [-0.2, -0.15) is 0 Å². The van der Waals surface area contributed by atoms with Crippen LogP contribution in [0.15, 0.2) is 28.9 Å². The first-order chi connectivity index (χ1) is 9.98. The van der Waals surface area contributed by atoms with Gasteiger partial charge >= 0.3 is 0 Å². The van der Waals surface area contributed by atoms with Crippen LogP contribution >= 0.6 is 0 Å². The Labute approximate surface area is 121 Å². The SMILES string of the molecule is COc1cc(-c2cnoc2N)ccc1OC1CS(=O)(=O)C1. The van der Waals surface area contributed by atoms with Crippen molar-refractivity contribution in [3.8, 4) is 22.6 Å². The van der Waals surface area contributed by atoms with Gasteiger partial charge in [0.05, 0.1) is 30.4 Å². The van der Waals surface area contributed by atoms with Gasteiger partial charge in [0, 0.05) is 0 Å². The number of hydrogen-bond donors (Lipinski definition) is 1. The van der Waals surface area contributed by atoms with E-state index in [-0.39, 0.29) is 23.5 Å². The Bertz CT molecular complexity index is 757. The Hall–Kier alpha value is -2.22.